The number of allylic oxidation sites excluding steroid dienone is 3. The van der Waals surface area contributed by atoms with E-state index in [1.54, 1.807) is 11.3 Å². The molecule has 0 amide bonds. The Morgan fingerprint density at radius 3 is 2.64 bits per heavy atom. The van der Waals surface area contributed by atoms with Gasteiger partial charge in [-0.3, -0.25) is 5.73 Å². The van der Waals surface area contributed by atoms with Crippen LogP contribution in [0, 0.1) is 29.6 Å². The van der Waals surface area contributed by atoms with E-state index in [-0.39, 0.29) is 0 Å². The number of nitriles is 2. The molecule has 106 valence electrons. The quantitative estimate of drug-likeness (QED) is 0.877. The summed E-state index contributed by atoms with van der Waals surface area (Å²) in [7, 11) is 0. The van der Waals surface area contributed by atoms with Crippen molar-refractivity contribution in [2.75, 3.05) is 5.73 Å². The van der Waals surface area contributed by atoms with Crippen LogP contribution in [-0.4, -0.2) is 0 Å². The van der Waals surface area contributed by atoms with Crippen LogP contribution < -0.4 is 10.7 Å². The number of nitrogens with one attached hydrogen (secondary N) is 1. The summed E-state index contributed by atoms with van der Waals surface area (Å²) in [5.41, 5.74) is 12.3. The fourth-order valence-electron chi connectivity index (χ4n) is 2.80. The minimum atomic E-state index is 0.302. The van der Waals surface area contributed by atoms with Crippen molar-refractivity contribution in [2.45, 2.75) is 13.8 Å². The largest absolute Gasteiger partial charge is 0.289 e. The number of nitrogen functional groups attached to an aromatic ring is 1. The highest BCUT2D eigenvalue weighted by molar-refractivity contribution is 7.08. The maximum absolute atomic E-state index is 9.48. The lowest BCUT2D eigenvalue weighted by molar-refractivity contribution is -0.364. The van der Waals surface area contributed by atoms with Crippen LogP contribution in [0.3, 0.4) is 0 Å². The van der Waals surface area contributed by atoms with Crippen LogP contribution in [0.4, 0.5) is 5.82 Å². The lowest BCUT2D eigenvalue weighted by Crippen LogP contribution is -2.20. The number of H-pyrrole nitrogens is 1. The fraction of sp³-hybridized carbons (Fsp3) is 0.118. The number of hydrogen-bond acceptors (Lipinski definition) is 4. The van der Waals surface area contributed by atoms with Crippen molar-refractivity contribution < 1.29 is 4.98 Å². The van der Waals surface area contributed by atoms with E-state index in [0.29, 0.717) is 22.6 Å². The average molecular weight is 305 g/mol. The number of nitrogens with zero attached hydrogens (tertiary/aromatic N) is 2. The van der Waals surface area contributed by atoms with Crippen molar-refractivity contribution in [1.29, 1.82) is 10.5 Å². The minimum absolute atomic E-state index is 0.302. The maximum Gasteiger partial charge on any atom is 0.289 e. The van der Waals surface area contributed by atoms with E-state index >= 15 is 0 Å². The van der Waals surface area contributed by atoms with Gasteiger partial charge in [-0.1, -0.05) is 0 Å². The van der Waals surface area contributed by atoms with Crippen molar-refractivity contribution in [3.63, 3.8) is 0 Å². The highest BCUT2D eigenvalue weighted by atomic mass is 32.1. The number of anilines is 1. The molecule has 2 aromatic heterocycles. The first-order chi connectivity index (χ1) is 10.6. The van der Waals surface area contributed by atoms with Crippen LogP contribution in [0.15, 0.2) is 22.4 Å². The van der Waals surface area contributed by atoms with Gasteiger partial charge in [0.25, 0.3) is 5.82 Å². The van der Waals surface area contributed by atoms with Crippen LogP contribution in [0.2, 0.25) is 0 Å². The summed E-state index contributed by atoms with van der Waals surface area (Å²) in [5.74, 6) is 0.302. The molecular weight excluding hydrogens is 292 g/mol. The zero-order chi connectivity index (χ0) is 15.9. The number of fused-ring (bicyclic) bond motifs is 1. The summed E-state index contributed by atoms with van der Waals surface area (Å²) in [6.07, 6.45) is 2.05. The molecule has 1 aliphatic carbocycles. The zero-order valence-corrected chi connectivity index (χ0v) is 13.0. The molecule has 0 radical (unpaired) electrons. The van der Waals surface area contributed by atoms with Crippen LogP contribution in [0.25, 0.3) is 17.2 Å². The molecule has 3 N–H and O–H groups in total. The molecule has 0 saturated heterocycles. The molecule has 0 unspecified atom stereocenters. The van der Waals surface area contributed by atoms with Crippen molar-refractivity contribution in [2.24, 2.45) is 0 Å². The minimum Gasteiger partial charge on any atom is -0.286 e. The number of pyridine rings is 1. The SMILES string of the molecule is CC1=C(C#N)c2[nH+]c(N)c(C#N)c(C)c2/C1=C/c1ccsc1. The number of nitrogens with two attached hydrogens (primary N) is 1. The molecule has 5 heteroatoms. The van der Waals surface area contributed by atoms with E-state index in [2.05, 4.69) is 17.1 Å². The zero-order valence-electron chi connectivity index (χ0n) is 12.2. The molecule has 0 aromatic carbocycles. The first-order valence-electron chi connectivity index (χ1n) is 6.70. The molecule has 0 saturated carbocycles. The van der Waals surface area contributed by atoms with Gasteiger partial charge in [0, 0.05) is 5.56 Å². The van der Waals surface area contributed by atoms with Crippen LogP contribution >= 0.6 is 11.3 Å². The Hall–Kier alpha value is -2.89. The number of rotatable bonds is 1. The van der Waals surface area contributed by atoms with Crippen molar-refractivity contribution in [1.82, 2.24) is 0 Å². The molecule has 2 aromatic rings. The van der Waals surface area contributed by atoms with Gasteiger partial charge in [-0.05, 0) is 59.0 Å². The maximum atomic E-state index is 9.48. The molecule has 2 heterocycles. The van der Waals surface area contributed by atoms with E-state index in [4.69, 9.17) is 5.73 Å². The Labute approximate surface area is 132 Å². The Morgan fingerprint density at radius 2 is 2.05 bits per heavy atom. The highest BCUT2D eigenvalue weighted by Crippen LogP contribution is 2.42. The van der Waals surface area contributed by atoms with Gasteiger partial charge < -0.3 is 0 Å². The van der Waals surface area contributed by atoms with Crippen molar-refractivity contribution in [3.8, 4) is 12.1 Å². The van der Waals surface area contributed by atoms with Crippen molar-refractivity contribution in [3.05, 3.63) is 50.3 Å². The smallest absolute Gasteiger partial charge is 0.286 e. The van der Waals surface area contributed by atoms with E-state index in [1.807, 2.05) is 36.7 Å². The Balaban J connectivity index is 2.36. The first kappa shape index (κ1) is 14.1. The monoisotopic (exact) mass is 305 g/mol. The summed E-state index contributed by atoms with van der Waals surface area (Å²) in [6, 6.07) is 6.40. The lowest BCUT2D eigenvalue weighted by atomic mass is 9.96. The predicted octanol–water partition coefficient (Wildman–Crippen LogP) is 3.18. The topological polar surface area (TPSA) is 87.7 Å². The van der Waals surface area contributed by atoms with E-state index in [1.165, 1.54) is 0 Å². The lowest BCUT2D eigenvalue weighted by Gasteiger charge is -2.07. The van der Waals surface area contributed by atoms with Crippen LogP contribution in [0.1, 0.15) is 34.9 Å². The van der Waals surface area contributed by atoms with Crippen LogP contribution in [0.5, 0.6) is 0 Å². The summed E-state index contributed by atoms with van der Waals surface area (Å²) < 4.78 is 0. The molecule has 0 fully saturated rings. The number of hydrogen-bond donors (Lipinski definition) is 1. The molecule has 0 bridgehead atoms. The standard InChI is InChI=1S/C17H12N4S/c1-9-12(5-11-3-4-22-8-11)15-10(2)14(7-19)17(20)21-16(15)13(9)6-18/h3-5,8H,1-2H3,(H2,20,21)/p+1/b12-5+. The van der Waals surface area contributed by atoms with Gasteiger partial charge >= 0.3 is 0 Å². The van der Waals surface area contributed by atoms with Gasteiger partial charge in [0.15, 0.2) is 5.69 Å². The Bertz CT molecular complexity index is 919. The van der Waals surface area contributed by atoms with E-state index < -0.39 is 0 Å². The van der Waals surface area contributed by atoms with Gasteiger partial charge in [0.2, 0.25) is 0 Å². The molecule has 1 aliphatic rings. The third kappa shape index (κ3) is 1.92. The van der Waals surface area contributed by atoms with E-state index in [9.17, 15) is 10.5 Å². The Kier molecular flexibility index (Phi) is 3.29. The number of thiophene rings is 1. The summed E-state index contributed by atoms with van der Waals surface area (Å²) >= 11 is 1.62. The van der Waals surface area contributed by atoms with E-state index in [0.717, 1.165) is 27.8 Å². The van der Waals surface area contributed by atoms with Gasteiger partial charge in [0.1, 0.15) is 23.3 Å². The second-order valence-electron chi connectivity index (χ2n) is 5.13. The average Bonchev–Trinajstić information content (AvgIpc) is 3.07. The highest BCUT2D eigenvalue weighted by Gasteiger charge is 2.32. The number of aromatic nitrogens is 1. The molecule has 22 heavy (non-hydrogen) atoms. The molecule has 0 spiro atoms. The van der Waals surface area contributed by atoms with Gasteiger partial charge in [-0.25, -0.2) is 4.98 Å². The Morgan fingerprint density at radius 1 is 1.27 bits per heavy atom. The molecule has 0 atom stereocenters. The predicted molar refractivity (Wildman–Crippen MR) is 87.3 cm³/mol. The second-order valence-corrected chi connectivity index (χ2v) is 5.91. The van der Waals surface area contributed by atoms with Crippen LogP contribution in [-0.2, 0) is 0 Å². The summed E-state index contributed by atoms with van der Waals surface area (Å²) in [5, 5.41) is 22.8. The first-order valence-corrected chi connectivity index (χ1v) is 7.64. The van der Waals surface area contributed by atoms with Gasteiger partial charge in [0.05, 0.1) is 0 Å². The second kappa shape index (κ2) is 5.14. The normalized spacial score (nSPS) is 14.8. The van der Waals surface area contributed by atoms with Gasteiger partial charge in [-0.15, -0.1) is 0 Å². The van der Waals surface area contributed by atoms with Crippen molar-refractivity contribution >= 4 is 34.4 Å². The molecular formula is C17H13N4S+. The molecule has 4 nitrogen and oxygen atoms in total. The molecule has 3 rings (SSSR count). The third-order valence-electron chi connectivity index (χ3n) is 3.91. The third-order valence-corrected chi connectivity index (χ3v) is 4.61. The summed E-state index contributed by atoms with van der Waals surface area (Å²) in [6.45, 7) is 3.79. The fourth-order valence-corrected chi connectivity index (χ4v) is 3.41. The summed E-state index contributed by atoms with van der Waals surface area (Å²) in [4.78, 5) is 3.03. The number of aromatic amines is 1. The van der Waals surface area contributed by atoms with Gasteiger partial charge in [-0.2, -0.15) is 21.9 Å². The molecule has 0 aliphatic heterocycles.